The van der Waals surface area contributed by atoms with Crippen LogP contribution in [0.2, 0.25) is 0 Å². The smallest absolute Gasteiger partial charge is 0.194 e. The van der Waals surface area contributed by atoms with Crippen LogP contribution in [-0.4, -0.2) is 21.7 Å². The number of hydrogen-bond acceptors (Lipinski definition) is 4. The maximum absolute atomic E-state index is 4.76. The van der Waals surface area contributed by atoms with E-state index in [4.69, 9.17) is 4.98 Å². The molecule has 0 bridgehead atoms. The Morgan fingerprint density at radius 3 is 3.12 bits per heavy atom. The maximum Gasteiger partial charge on any atom is 0.194 e. The number of thioether (sulfide) groups is 1. The van der Waals surface area contributed by atoms with Gasteiger partial charge < -0.3 is 5.32 Å². The summed E-state index contributed by atoms with van der Waals surface area (Å²) in [5.74, 6) is 0. The fourth-order valence-electron chi connectivity index (χ4n) is 2.40. The van der Waals surface area contributed by atoms with Gasteiger partial charge in [0.15, 0.2) is 4.96 Å². The highest BCUT2D eigenvalue weighted by Crippen LogP contribution is 2.36. The summed E-state index contributed by atoms with van der Waals surface area (Å²) >= 11 is 3.70. The molecule has 2 aromatic heterocycles. The van der Waals surface area contributed by atoms with Crippen LogP contribution in [0.25, 0.3) is 4.96 Å². The summed E-state index contributed by atoms with van der Waals surface area (Å²) in [7, 11) is 2.00. The Labute approximate surface area is 110 Å². The highest BCUT2D eigenvalue weighted by atomic mass is 32.2. The van der Waals surface area contributed by atoms with Crippen molar-refractivity contribution in [3.63, 3.8) is 0 Å². The second-order valence-corrected chi connectivity index (χ2v) is 6.64. The van der Waals surface area contributed by atoms with Gasteiger partial charge in [0.1, 0.15) is 5.03 Å². The van der Waals surface area contributed by atoms with Crippen LogP contribution >= 0.6 is 23.1 Å². The van der Waals surface area contributed by atoms with Gasteiger partial charge in [0.05, 0.1) is 5.69 Å². The topological polar surface area (TPSA) is 29.3 Å². The molecule has 1 saturated carbocycles. The van der Waals surface area contributed by atoms with Gasteiger partial charge >= 0.3 is 0 Å². The Morgan fingerprint density at radius 2 is 2.35 bits per heavy atom. The second-order valence-electron chi connectivity index (χ2n) is 4.47. The zero-order chi connectivity index (χ0) is 11.7. The van der Waals surface area contributed by atoms with E-state index in [1.54, 1.807) is 11.3 Å². The summed E-state index contributed by atoms with van der Waals surface area (Å²) in [6.45, 7) is 0.896. The minimum atomic E-state index is 0.787. The normalized spacial score (nSPS) is 17.2. The Balaban J connectivity index is 1.90. The fraction of sp³-hybridized carbons (Fsp3) is 0.583. The van der Waals surface area contributed by atoms with Crippen molar-refractivity contribution in [3.8, 4) is 0 Å². The third-order valence-corrected chi connectivity index (χ3v) is 5.36. The molecule has 2 aromatic rings. The number of imidazole rings is 1. The average Bonchev–Trinajstić information content (AvgIpc) is 2.99. The lowest BCUT2D eigenvalue weighted by molar-refractivity contribution is 0.763. The van der Waals surface area contributed by atoms with Crippen LogP contribution in [-0.2, 0) is 6.54 Å². The van der Waals surface area contributed by atoms with Crippen molar-refractivity contribution < 1.29 is 0 Å². The standard InChI is InChI=1S/C12H17N3S2/c1-13-8-10-11(17-9-4-2-3-5-9)14-12-15(10)6-7-16-12/h6-7,9,13H,2-5,8H2,1H3. The van der Waals surface area contributed by atoms with Crippen LogP contribution in [0, 0.1) is 0 Å². The molecule has 2 heterocycles. The third-order valence-electron chi connectivity index (χ3n) is 3.25. The SMILES string of the molecule is CNCc1c(SC2CCCC2)nc2sccn12. The van der Waals surface area contributed by atoms with E-state index in [2.05, 4.69) is 21.3 Å². The van der Waals surface area contributed by atoms with Gasteiger partial charge in [-0.2, -0.15) is 0 Å². The molecule has 0 spiro atoms. The molecule has 0 radical (unpaired) electrons. The zero-order valence-corrected chi connectivity index (χ0v) is 11.6. The van der Waals surface area contributed by atoms with Crippen molar-refractivity contribution in [2.75, 3.05) is 7.05 Å². The zero-order valence-electron chi connectivity index (χ0n) is 9.98. The molecule has 17 heavy (non-hydrogen) atoms. The van der Waals surface area contributed by atoms with Gasteiger partial charge in [-0.05, 0) is 19.9 Å². The lowest BCUT2D eigenvalue weighted by atomic mass is 10.4. The molecule has 92 valence electrons. The van der Waals surface area contributed by atoms with E-state index < -0.39 is 0 Å². The highest BCUT2D eigenvalue weighted by molar-refractivity contribution is 7.99. The Bertz CT molecular complexity index is 497. The first-order valence-electron chi connectivity index (χ1n) is 6.14. The first-order valence-corrected chi connectivity index (χ1v) is 7.90. The van der Waals surface area contributed by atoms with Crippen molar-refractivity contribution in [3.05, 3.63) is 17.3 Å². The third kappa shape index (κ3) is 2.23. The molecule has 5 heteroatoms. The Kier molecular flexibility index (Phi) is 3.40. The van der Waals surface area contributed by atoms with Gasteiger partial charge in [0.2, 0.25) is 0 Å². The van der Waals surface area contributed by atoms with E-state index in [0.29, 0.717) is 0 Å². The number of nitrogens with zero attached hydrogens (tertiary/aromatic N) is 2. The van der Waals surface area contributed by atoms with Crippen LogP contribution in [0.5, 0.6) is 0 Å². The molecule has 0 atom stereocenters. The summed E-state index contributed by atoms with van der Waals surface area (Å²) in [6.07, 6.45) is 7.62. The Hall–Kier alpha value is -0.520. The van der Waals surface area contributed by atoms with Gasteiger partial charge in [0.25, 0.3) is 0 Å². The molecule has 3 nitrogen and oxygen atoms in total. The van der Waals surface area contributed by atoms with Crippen LogP contribution in [0.1, 0.15) is 31.4 Å². The van der Waals surface area contributed by atoms with Crippen molar-refractivity contribution in [1.82, 2.24) is 14.7 Å². The number of hydrogen-bond donors (Lipinski definition) is 1. The van der Waals surface area contributed by atoms with E-state index >= 15 is 0 Å². The van der Waals surface area contributed by atoms with Gasteiger partial charge in [-0.3, -0.25) is 4.40 Å². The van der Waals surface area contributed by atoms with E-state index in [-0.39, 0.29) is 0 Å². The molecule has 1 aliphatic rings. The van der Waals surface area contributed by atoms with Crippen LogP contribution < -0.4 is 5.32 Å². The number of fused-ring (bicyclic) bond motifs is 1. The van der Waals surface area contributed by atoms with Crippen molar-refractivity contribution in [2.45, 2.75) is 42.5 Å². The van der Waals surface area contributed by atoms with E-state index in [1.165, 1.54) is 36.4 Å². The van der Waals surface area contributed by atoms with E-state index in [1.807, 2.05) is 18.8 Å². The summed E-state index contributed by atoms with van der Waals surface area (Å²) in [6, 6.07) is 0. The number of rotatable bonds is 4. The maximum atomic E-state index is 4.76. The summed E-state index contributed by atoms with van der Waals surface area (Å²) in [4.78, 5) is 5.88. The molecule has 0 aliphatic heterocycles. The van der Waals surface area contributed by atoms with Crippen LogP contribution in [0.3, 0.4) is 0 Å². The lowest BCUT2D eigenvalue weighted by Gasteiger charge is -2.08. The second kappa shape index (κ2) is 5.00. The van der Waals surface area contributed by atoms with Crippen molar-refractivity contribution in [2.24, 2.45) is 0 Å². The molecule has 0 amide bonds. The first-order chi connectivity index (χ1) is 8.38. The van der Waals surface area contributed by atoms with Gasteiger partial charge in [-0.25, -0.2) is 4.98 Å². The molecule has 0 aromatic carbocycles. The quantitative estimate of drug-likeness (QED) is 0.922. The Morgan fingerprint density at radius 1 is 1.53 bits per heavy atom. The predicted molar refractivity (Wildman–Crippen MR) is 73.9 cm³/mol. The minimum absolute atomic E-state index is 0.787. The highest BCUT2D eigenvalue weighted by Gasteiger charge is 2.20. The van der Waals surface area contributed by atoms with Gasteiger partial charge in [0, 0.05) is 23.4 Å². The van der Waals surface area contributed by atoms with Crippen LogP contribution in [0.15, 0.2) is 16.6 Å². The summed E-state index contributed by atoms with van der Waals surface area (Å²) in [5.41, 5.74) is 1.32. The van der Waals surface area contributed by atoms with Crippen molar-refractivity contribution in [1.29, 1.82) is 0 Å². The van der Waals surface area contributed by atoms with Gasteiger partial charge in [-0.15, -0.1) is 23.1 Å². The predicted octanol–water partition coefficient (Wildman–Crippen LogP) is 3.15. The summed E-state index contributed by atoms with van der Waals surface area (Å²) < 4.78 is 2.22. The van der Waals surface area contributed by atoms with Crippen molar-refractivity contribution >= 4 is 28.1 Å². The van der Waals surface area contributed by atoms with Gasteiger partial charge in [-0.1, -0.05) is 12.8 Å². The van der Waals surface area contributed by atoms with E-state index in [0.717, 1.165) is 16.8 Å². The lowest BCUT2D eigenvalue weighted by Crippen LogP contribution is -2.08. The number of aromatic nitrogens is 2. The minimum Gasteiger partial charge on any atom is -0.314 e. The molecule has 0 saturated heterocycles. The molecule has 3 rings (SSSR count). The van der Waals surface area contributed by atoms with Crippen LogP contribution in [0.4, 0.5) is 0 Å². The molecule has 1 aliphatic carbocycles. The first kappa shape index (κ1) is 11.6. The number of nitrogens with one attached hydrogen (secondary N) is 1. The molecular formula is C12H17N3S2. The monoisotopic (exact) mass is 267 g/mol. The summed E-state index contributed by atoms with van der Waals surface area (Å²) in [5, 5.41) is 7.37. The number of thiazole rings is 1. The molecule has 1 fully saturated rings. The molecule has 1 N–H and O–H groups in total. The largest absolute Gasteiger partial charge is 0.314 e. The van der Waals surface area contributed by atoms with E-state index in [9.17, 15) is 0 Å². The molecular weight excluding hydrogens is 250 g/mol. The molecule has 0 unspecified atom stereocenters. The average molecular weight is 267 g/mol. The fourth-order valence-corrected chi connectivity index (χ4v) is 4.52.